The number of carbonyl (C=O) groups is 1. The minimum absolute atomic E-state index is 0.162. The molecule has 0 radical (unpaired) electrons. The van der Waals surface area contributed by atoms with Gasteiger partial charge in [0.1, 0.15) is 12.4 Å². The average Bonchev–Trinajstić information content (AvgIpc) is 2.56. The molecule has 4 heteroatoms. The van der Waals surface area contributed by atoms with E-state index < -0.39 is 0 Å². The van der Waals surface area contributed by atoms with Crippen molar-refractivity contribution in [2.45, 2.75) is 52.1 Å². The molecular weight excluding hydrogens is 304 g/mol. The van der Waals surface area contributed by atoms with E-state index in [1.165, 1.54) is 18.1 Å². The van der Waals surface area contributed by atoms with Crippen molar-refractivity contribution in [3.63, 3.8) is 0 Å². The number of aliphatic hydroxyl groups excluding tert-OH is 1. The number of hydrogen-bond acceptors (Lipinski definition) is 4. The van der Waals surface area contributed by atoms with Crippen LogP contribution in [0.25, 0.3) is 0 Å². The molecule has 0 heterocycles. The Balaban J connectivity index is 1.82. The van der Waals surface area contributed by atoms with Crippen LogP contribution in [0.2, 0.25) is 0 Å². The van der Waals surface area contributed by atoms with E-state index in [1.54, 1.807) is 6.92 Å². The van der Waals surface area contributed by atoms with Crippen molar-refractivity contribution < 1.29 is 19.4 Å². The molecule has 1 N–H and O–H groups in total. The van der Waals surface area contributed by atoms with Crippen LogP contribution >= 0.6 is 0 Å². The molecule has 4 nitrogen and oxygen atoms in total. The predicted molar refractivity (Wildman–Crippen MR) is 94.0 cm³/mol. The molecule has 24 heavy (non-hydrogen) atoms. The molecule has 2 rings (SSSR count). The van der Waals surface area contributed by atoms with Gasteiger partial charge in [-0.15, -0.1) is 0 Å². The second-order valence-electron chi connectivity index (χ2n) is 6.49. The molecule has 0 aromatic heterocycles. The maximum Gasteiger partial charge on any atom is 0.330 e. The van der Waals surface area contributed by atoms with Crippen molar-refractivity contribution in [1.29, 1.82) is 0 Å². The van der Waals surface area contributed by atoms with Gasteiger partial charge in [-0.1, -0.05) is 25.0 Å². The summed E-state index contributed by atoms with van der Waals surface area (Å²) in [5, 5.41) is 10.1. The first kappa shape index (κ1) is 18.5. The molecule has 2 atom stereocenters. The van der Waals surface area contributed by atoms with Crippen LogP contribution in [0.3, 0.4) is 0 Å². The van der Waals surface area contributed by atoms with Gasteiger partial charge >= 0.3 is 5.97 Å². The largest absolute Gasteiger partial charge is 0.489 e. The number of hydrogen-bond donors (Lipinski definition) is 1. The van der Waals surface area contributed by atoms with Crippen LogP contribution in [-0.2, 0) is 16.0 Å². The van der Waals surface area contributed by atoms with Crippen molar-refractivity contribution in [2.24, 2.45) is 5.92 Å². The molecule has 2 unspecified atom stereocenters. The quantitative estimate of drug-likeness (QED) is 0.611. The third kappa shape index (κ3) is 6.00. The molecule has 0 bridgehead atoms. The molecule has 1 aromatic rings. The van der Waals surface area contributed by atoms with Crippen molar-refractivity contribution >= 4 is 5.97 Å². The van der Waals surface area contributed by atoms with Crippen LogP contribution in [0.1, 0.15) is 45.1 Å². The fraction of sp³-hybridized carbons (Fsp3) is 0.550. The Hall–Kier alpha value is -1.81. The molecule has 0 saturated heterocycles. The molecule has 0 aliphatic heterocycles. The minimum Gasteiger partial charge on any atom is -0.489 e. The first-order chi connectivity index (χ1) is 11.6. The summed E-state index contributed by atoms with van der Waals surface area (Å²) in [4.78, 5) is 11.4. The maximum atomic E-state index is 11.4. The van der Waals surface area contributed by atoms with Crippen LogP contribution in [0.4, 0.5) is 0 Å². The lowest BCUT2D eigenvalue weighted by molar-refractivity contribution is -0.137. The van der Waals surface area contributed by atoms with Crippen LogP contribution in [-0.4, -0.2) is 30.4 Å². The zero-order valence-corrected chi connectivity index (χ0v) is 14.7. The van der Waals surface area contributed by atoms with Gasteiger partial charge in [0.15, 0.2) is 0 Å². The number of aliphatic hydroxyl groups is 1. The molecular formula is C20H28O4. The van der Waals surface area contributed by atoms with Crippen molar-refractivity contribution in [3.8, 4) is 5.75 Å². The summed E-state index contributed by atoms with van der Waals surface area (Å²) in [5.41, 5.74) is 2.05. The number of rotatable bonds is 7. The molecule has 1 fully saturated rings. The van der Waals surface area contributed by atoms with Crippen LogP contribution < -0.4 is 4.74 Å². The maximum absolute atomic E-state index is 11.4. The highest BCUT2D eigenvalue weighted by Gasteiger charge is 2.22. The van der Waals surface area contributed by atoms with Crippen molar-refractivity contribution in [2.75, 3.05) is 13.2 Å². The fourth-order valence-corrected chi connectivity index (χ4v) is 3.07. The standard InChI is InChI=1S/C20H28O4/c1-3-23-20(22)12-15(2)14-24-18-10-8-16(9-11-18)13-17-6-4-5-7-19(17)21/h8-12,17,19,21H,3-7,13-14H2,1-2H3/b15-12+. The van der Waals surface area contributed by atoms with E-state index in [9.17, 15) is 9.90 Å². The predicted octanol–water partition coefficient (Wildman–Crippen LogP) is 3.67. The van der Waals surface area contributed by atoms with Gasteiger partial charge in [0, 0.05) is 6.08 Å². The Bertz CT molecular complexity index is 547. The highest BCUT2D eigenvalue weighted by molar-refractivity contribution is 5.82. The smallest absolute Gasteiger partial charge is 0.330 e. The van der Waals surface area contributed by atoms with Gasteiger partial charge in [-0.3, -0.25) is 0 Å². The highest BCUT2D eigenvalue weighted by atomic mass is 16.5. The Morgan fingerprint density at radius 2 is 1.96 bits per heavy atom. The number of esters is 1. The summed E-state index contributed by atoms with van der Waals surface area (Å²) < 4.78 is 10.6. The normalized spacial score (nSPS) is 21.4. The summed E-state index contributed by atoms with van der Waals surface area (Å²) in [6.45, 7) is 4.36. The number of carbonyl (C=O) groups excluding carboxylic acids is 1. The van der Waals surface area contributed by atoms with Gasteiger partial charge in [-0.2, -0.15) is 0 Å². The Morgan fingerprint density at radius 1 is 1.25 bits per heavy atom. The highest BCUT2D eigenvalue weighted by Crippen LogP contribution is 2.28. The molecule has 1 aliphatic rings. The van der Waals surface area contributed by atoms with Gasteiger partial charge in [0.2, 0.25) is 0 Å². The van der Waals surface area contributed by atoms with Gasteiger partial charge in [0.25, 0.3) is 0 Å². The molecule has 1 aromatic carbocycles. The summed E-state index contributed by atoms with van der Waals surface area (Å²) in [6, 6.07) is 8.01. The van der Waals surface area contributed by atoms with Gasteiger partial charge in [-0.05, 0) is 62.3 Å². The van der Waals surface area contributed by atoms with E-state index >= 15 is 0 Å². The van der Waals surface area contributed by atoms with Crippen molar-refractivity contribution in [1.82, 2.24) is 0 Å². The Morgan fingerprint density at radius 3 is 2.62 bits per heavy atom. The number of ether oxygens (including phenoxy) is 2. The Kier molecular flexibility index (Phi) is 7.32. The fourth-order valence-electron chi connectivity index (χ4n) is 3.07. The van der Waals surface area contributed by atoms with E-state index in [0.29, 0.717) is 19.1 Å². The lowest BCUT2D eigenvalue weighted by Crippen LogP contribution is -2.26. The van der Waals surface area contributed by atoms with E-state index in [2.05, 4.69) is 12.1 Å². The zero-order valence-electron chi connectivity index (χ0n) is 14.7. The van der Waals surface area contributed by atoms with E-state index in [0.717, 1.165) is 37.0 Å². The van der Waals surface area contributed by atoms with Crippen molar-refractivity contribution in [3.05, 3.63) is 41.5 Å². The first-order valence-corrected chi connectivity index (χ1v) is 8.82. The van der Waals surface area contributed by atoms with Crippen LogP contribution in [0.15, 0.2) is 35.9 Å². The second kappa shape index (κ2) is 9.48. The minimum atomic E-state index is -0.333. The molecule has 0 spiro atoms. The lowest BCUT2D eigenvalue weighted by Gasteiger charge is -2.27. The summed E-state index contributed by atoms with van der Waals surface area (Å²) in [7, 11) is 0. The second-order valence-corrected chi connectivity index (χ2v) is 6.49. The first-order valence-electron chi connectivity index (χ1n) is 8.82. The zero-order chi connectivity index (χ0) is 17.4. The summed E-state index contributed by atoms with van der Waals surface area (Å²) in [6.07, 6.45) is 6.61. The van der Waals surface area contributed by atoms with Gasteiger partial charge in [-0.25, -0.2) is 4.79 Å². The van der Waals surface area contributed by atoms with Gasteiger partial charge < -0.3 is 14.6 Å². The third-order valence-electron chi connectivity index (χ3n) is 4.41. The van der Waals surface area contributed by atoms with E-state index in [4.69, 9.17) is 9.47 Å². The van der Waals surface area contributed by atoms with Crippen LogP contribution in [0.5, 0.6) is 5.75 Å². The topological polar surface area (TPSA) is 55.8 Å². The SMILES string of the molecule is CCOC(=O)/C=C(\C)COc1ccc(CC2CCCCC2O)cc1. The third-order valence-corrected chi connectivity index (χ3v) is 4.41. The monoisotopic (exact) mass is 332 g/mol. The molecule has 1 aliphatic carbocycles. The summed E-state index contributed by atoms with van der Waals surface area (Å²) in [5.74, 6) is 0.819. The average molecular weight is 332 g/mol. The number of benzene rings is 1. The molecule has 132 valence electrons. The van der Waals surface area contributed by atoms with Crippen LogP contribution in [0, 0.1) is 5.92 Å². The lowest BCUT2D eigenvalue weighted by atomic mass is 9.82. The molecule has 1 saturated carbocycles. The Labute approximate surface area is 144 Å². The van der Waals surface area contributed by atoms with Gasteiger partial charge in [0.05, 0.1) is 12.7 Å². The summed E-state index contributed by atoms with van der Waals surface area (Å²) >= 11 is 0. The molecule has 0 amide bonds. The van der Waals surface area contributed by atoms with E-state index in [1.807, 2.05) is 19.1 Å². The van der Waals surface area contributed by atoms with E-state index in [-0.39, 0.29) is 12.1 Å².